The molecule has 2 rings (SSSR count). The van der Waals surface area contributed by atoms with Crippen LogP contribution in [0.15, 0.2) is 24.3 Å². The zero-order valence-electron chi connectivity index (χ0n) is 11.4. The first-order chi connectivity index (χ1) is 8.76. The Bertz CT molecular complexity index is 381. The van der Waals surface area contributed by atoms with Gasteiger partial charge in [-0.25, -0.2) is 0 Å². The molecule has 2 N–H and O–H groups in total. The summed E-state index contributed by atoms with van der Waals surface area (Å²) in [6.45, 7) is 4.24. The Hall–Kier alpha value is -1.06. The lowest BCUT2D eigenvalue weighted by atomic mass is 10.0. The SMILES string of the molecule is COc1ccccc1CC(C)N1CCCC1CN. The van der Waals surface area contributed by atoms with Crippen molar-refractivity contribution in [1.82, 2.24) is 4.90 Å². The molecule has 1 aromatic carbocycles. The molecular formula is C15H24N2O. The van der Waals surface area contributed by atoms with Crippen molar-refractivity contribution in [2.75, 3.05) is 20.2 Å². The van der Waals surface area contributed by atoms with E-state index in [0.717, 1.165) is 18.7 Å². The van der Waals surface area contributed by atoms with Gasteiger partial charge in [0.1, 0.15) is 5.75 Å². The van der Waals surface area contributed by atoms with Gasteiger partial charge in [-0.2, -0.15) is 0 Å². The maximum atomic E-state index is 5.85. The first-order valence-electron chi connectivity index (χ1n) is 6.84. The fraction of sp³-hybridized carbons (Fsp3) is 0.600. The standard InChI is InChI=1S/C15H24N2O/c1-12(17-9-5-7-14(17)11-16)10-13-6-3-4-8-15(13)18-2/h3-4,6,8,12,14H,5,7,9-11,16H2,1-2H3. The molecule has 0 amide bonds. The summed E-state index contributed by atoms with van der Waals surface area (Å²) < 4.78 is 5.42. The van der Waals surface area contributed by atoms with Crippen molar-refractivity contribution >= 4 is 0 Å². The van der Waals surface area contributed by atoms with Crippen molar-refractivity contribution in [3.05, 3.63) is 29.8 Å². The van der Waals surface area contributed by atoms with Crippen LogP contribution >= 0.6 is 0 Å². The molecule has 1 aliphatic rings. The van der Waals surface area contributed by atoms with Crippen molar-refractivity contribution in [2.45, 2.75) is 38.3 Å². The van der Waals surface area contributed by atoms with Gasteiger partial charge in [0.25, 0.3) is 0 Å². The minimum absolute atomic E-state index is 0.525. The highest BCUT2D eigenvalue weighted by molar-refractivity contribution is 5.33. The van der Waals surface area contributed by atoms with Crippen LogP contribution in [0.1, 0.15) is 25.3 Å². The predicted octanol–water partition coefficient (Wildman–Crippen LogP) is 2.05. The quantitative estimate of drug-likeness (QED) is 0.866. The number of hydrogen-bond acceptors (Lipinski definition) is 3. The molecule has 0 saturated carbocycles. The number of hydrogen-bond donors (Lipinski definition) is 1. The van der Waals surface area contributed by atoms with Crippen LogP contribution in [0.2, 0.25) is 0 Å². The van der Waals surface area contributed by atoms with Crippen molar-refractivity contribution in [2.24, 2.45) is 5.73 Å². The van der Waals surface area contributed by atoms with E-state index in [4.69, 9.17) is 10.5 Å². The van der Waals surface area contributed by atoms with E-state index < -0.39 is 0 Å². The summed E-state index contributed by atoms with van der Waals surface area (Å²) in [5.74, 6) is 0.993. The summed E-state index contributed by atoms with van der Waals surface area (Å²) in [4.78, 5) is 2.55. The van der Waals surface area contributed by atoms with Gasteiger partial charge >= 0.3 is 0 Å². The highest BCUT2D eigenvalue weighted by Crippen LogP contribution is 2.24. The largest absolute Gasteiger partial charge is 0.496 e. The van der Waals surface area contributed by atoms with Crippen LogP contribution < -0.4 is 10.5 Å². The van der Waals surface area contributed by atoms with Gasteiger partial charge in [-0.05, 0) is 44.4 Å². The van der Waals surface area contributed by atoms with E-state index in [0.29, 0.717) is 12.1 Å². The van der Waals surface area contributed by atoms with E-state index in [1.807, 2.05) is 12.1 Å². The third-order valence-electron chi connectivity index (χ3n) is 3.97. The molecule has 1 aliphatic heterocycles. The van der Waals surface area contributed by atoms with Crippen LogP contribution in [0, 0.1) is 0 Å². The molecule has 0 bridgehead atoms. The third-order valence-corrected chi connectivity index (χ3v) is 3.97. The van der Waals surface area contributed by atoms with Gasteiger partial charge in [0.15, 0.2) is 0 Å². The van der Waals surface area contributed by atoms with E-state index in [1.54, 1.807) is 7.11 Å². The number of nitrogens with zero attached hydrogens (tertiary/aromatic N) is 1. The number of likely N-dealkylation sites (tertiary alicyclic amines) is 1. The molecular weight excluding hydrogens is 224 g/mol. The summed E-state index contributed by atoms with van der Waals surface area (Å²) in [5, 5.41) is 0. The molecule has 0 aromatic heterocycles. The Morgan fingerprint density at radius 3 is 2.94 bits per heavy atom. The molecule has 1 fully saturated rings. The number of para-hydroxylation sites is 1. The molecule has 2 unspecified atom stereocenters. The second-order valence-corrected chi connectivity index (χ2v) is 5.13. The lowest BCUT2D eigenvalue weighted by Crippen LogP contribution is -2.42. The lowest BCUT2D eigenvalue weighted by Gasteiger charge is -2.30. The minimum Gasteiger partial charge on any atom is -0.496 e. The van der Waals surface area contributed by atoms with Crippen molar-refractivity contribution in [3.63, 3.8) is 0 Å². The van der Waals surface area contributed by atoms with Crippen LogP contribution in [0.25, 0.3) is 0 Å². The molecule has 1 saturated heterocycles. The van der Waals surface area contributed by atoms with Crippen LogP contribution in [-0.2, 0) is 6.42 Å². The Kier molecular flexibility index (Phi) is 4.61. The maximum Gasteiger partial charge on any atom is 0.122 e. The Morgan fingerprint density at radius 2 is 2.22 bits per heavy atom. The first-order valence-corrected chi connectivity index (χ1v) is 6.84. The summed E-state index contributed by atoms with van der Waals surface area (Å²) in [7, 11) is 1.74. The molecule has 2 atom stereocenters. The van der Waals surface area contributed by atoms with E-state index >= 15 is 0 Å². The number of nitrogens with two attached hydrogens (primary N) is 1. The number of benzene rings is 1. The first kappa shape index (κ1) is 13.4. The van der Waals surface area contributed by atoms with Crippen molar-refractivity contribution in [3.8, 4) is 5.75 Å². The van der Waals surface area contributed by atoms with Gasteiger partial charge in [0.05, 0.1) is 7.11 Å². The van der Waals surface area contributed by atoms with Gasteiger partial charge in [0, 0.05) is 18.6 Å². The smallest absolute Gasteiger partial charge is 0.122 e. The van der Waals surface area contributed by atoms with Gasteiger partial charge in [0.2, 0.25) is 0 Å². The van der Waals surface area contributed by atoms with E-state index in [2.05, 4.69) is 24.0 Å². The van der Waals surface area contributed by atoms with Crippen molar-refractivity contribution in [1.29, 1.82) is 0 Å². The summed E-state index contributed by atoms with van der Waals surface area (Å²) in [5.41, 5.74) is 7.13. The summed E-state index contributed by atoms with van der Waals surface area (Å²) in [6.07, 6.45) is 3.55. The fourth-order valence-electron chi connectivity index (χ4n) is 3.00. The average molecular weight is 248 g/mol. The molecule has 100 valence electrons. The molecule has 0 aliphatic carbocycles. The average Bonchev–Trinajstić information content (AvgIpc) is 2.87. The van der Waals surface area contributed by atoms with Crippen LogP contribution in [0.3, 0.4) is 0 Å². The Labute approximate surface area is 110 Å². The number of ether oxygens (including phenoxy) is 1. The number of rotatable bonds is 5. The molecule has 3 nitrogen and oxygen atoms in total. The molecule has 1 heterocycles. The monoisotopic (exact) mass is 248 g/mol. The second-order valence-electron chi connectivity index (χ2n) is 5.13. The number of methoxy groups -OCH3 is 1. The summed E-state index contributed by atoms with van der Waals surface area (Å²) >= 11 is 0. The van der Waals surface area contributed by atoms with E-state index in [-0.39, 0.29) is 0 Å². The minimum atomic E-state index is 0.525. The highest BCUT2D eigenvalue weighted by atomic mass is 16.5. The Morgan fingerprint density at radius 1 is 1.44 bits per heavy atom. The van der Waals surface area contributed by atoms with Crippen molar-refractivity contribution < 1.29 is 4.74 Å². The summed E-state index contributed by atoms with van der Waals surface area (Å²) in [6, 6.07) is 9.38. The molecule has 18 heavy (non-hydrogen) atoms. The zero-order chi connectivity index (χ0) is 13.0. The van der Waals surface area contributed by atoms with E-state index in [9.17, 15) is 0 Å². The maximum absolute atomic E-state index is 5.85. The topological polar surface area (TPSA) is 38.5 Å². The zero-order valence-corrected chi connectivity index (χ0v) is 11.4. The van der Waals surface area contributed by atoms with Crippen LogP contribution in [-0.4, -0.2) is 37.2 Å². The third kappa shape index (κ3) is 2.85. The highest BCUT2D eigenvalue weighted by Gasteiger charge is 2.27. The lowest BCUT2D eigenvalue weighted by molar-refractivity contribution is 0.193. The molecule has 1 aromatic rings. The fourth-order valence-corrected chi connectivity index (χ4v) is 3.00. The second kappa shape index (κ2) is 6.21. The van der Waals surface area contributed by atoms with Crippen LogP contribution in [0.5, 0.6) is 5.75 Å². The van der Waals surface area contributed by atoms with Gasteiger partial charge in [-0.3, -0.25) is 4.90 Å². The molecule has 0 radical (unpaired) electrons. The predicted molar refractivity (Wildman–Crippen MR) is 74.9 cm³/mol. The van der Waals surface area contributed by atoms with Gasteiger partial charge in [-0.1, -0.05) is 18.2 Å². The molecule has 0 spiro atoms. The Balaban J connectivity index is 2.04. The van der Waals surface area contributed by atoms with Gasteiger partial charge < -0.3 is 10.5 Å². The van der Waals surface area contributed by atoms with Gasteiger partial charge in [-0.15, -0.1) is 0 Å². The normalized spacial score (nSPS) is 22.1. The molecule has 3 heteroatoms. The van der Waals surface area contributed by atoms with E-state index in [1.165, 1.54) is 24.9 Å². The van der Waals surface area contributed by atoms with Crippen LogP contribution in [0.4, 0.5) is 0 Å².